The van der Waals surface area contributed by atoms with Crippen molar-refractivity contribution in [1.82, 2.24) is 5.16 Å². The van der Waals surface area contributed by atoms with E-state index in [9.17, 15) is 4.39 Å². The molecule has 0 saturated carbocycles. The Hall–Kier alpha value is 40.9. The standard InChI is InChI=1S/C8H6FN.C8H8N2O.I60/c1-6-2-3-8(9)7(4-6)5-10;1-5-2-3-7-6(4-5)8(9)10-11-7;1-32(2)34(5)36(7)38(9)40(11)42(13)44(15)46(17)48(19)50(21)52(23)54(25)56(27)58(29)60(31)59(30)57(28)55(26)53(24)51(22)49(20)47(18)45(16)43(14)41(12)39(10)37(8)35(6)33(3)4/h2-4H,1H3;2-4H,1H3,(H2,9,10);. The summed E-state index contributed by atoms with van der Waals surface area (Å²) in [6, 6.07) is 12.0. The van der Waals surface area contributed by atoms with Crippen molar-refractivity contribution < 1.29 is 8.91 Å². The summed E-state index contributed by atoms with van der Waals surface area (Å²) in [5, 5.41) is 12.9. The number of nitrogens with two attached hydrogens (primary N) is 1. The maximum absolute atomic E-state index is 12.5. The molecule has 0 aliphatic rings. The van der Waals surface area contributed by atoms with Crippen molar-refractivity contribution in [3.05, 3.63) is 58.9 Å². The van der Waals surface area contributed by atoms with Gasteiger partial charge in [-0.05, 0) is 43.7 Å². The van der Waals surface area contributed by atoms with Gasteiger partial charge in [-0.1, -0.05) is 22.9 Å². The number of rotatable bonds is 28. The number of hydrogen-bond donors (Lipinski definition) is 1. The molecule has 3 aromatic rings. The molecule has 1 aromatic heterocycles. The Bertz CT molecular complexity index is 2230. The number of halogens is 61. The molecule has 0 atom stereocenters. The van der Waals surface area contributed by atoms with E-state index in [1.54, 1.807) is 12.1 Å². The summed E-state index contributed by atoms with van der Waals surface area (Å²) in [6.45, 7) is 3.83. The van der Waals surface area contributed by atoms with Gasteiger partial charge >= 0.3 is 806 Å². The fraction of sp³-hybridized carbons (Fsp3) is 0.125. The summed E-state index contributed by atoms with van der Waals surface area (Å²) >= 11 is 102. The molecule has 0 fully saturated rings. The summed E-state index contributed by atoms with van der Waals surface area (Å²) in [6.07, 6.45) is 0. The fourth-order valence-corrected chi connectivity index (χ4v) is 11300. The molecule has 0 aliphatic carbocycles. The number of nitrogen functional groups attached to an aromatic ring is 1. The molecule has 0 bridgehead atoms. The molecule has 81 heavy (non-hydrogen) atoms. The van der Waals surface area contributed by atoms with Gasteiger partial charge in [0.1, 0.15) is 11.9 Å². The first kappa shape index (κ1) is 120. The van der Waals surface area contributed by atoms with Crippen molar-refractivity contribution in [2.45, 2.75) is 13.8 Å². The Morgan fingerprint density at radius 1 is 0.358 bits per heavy atom. The van der Waals surface area contributed by atoms with Crippen molar-refractivity contribution in [3.8, 4) is 6.07 Å². The molecule has 2 aromatic carbocycles. The average Bonchev–Trinajstić information content (AvgIpc) is 3.82. The molecule has 0 spiro atoms. The van der Waals surface area contributed by atoms with Crippen molar-refractivity contribution in [3.63, 3.8) is 0 Å². The van der Waals surface area contributed by atoms with Crippen LogP contribution in [0.15, 0.2) is 40.9 Å². The third kappa shape index (κ3) is 47.4. The number of nitrogens with zero attached hydrogens (tertiary/aromatic N) is 2. The first-order chi connectivity index (χ1) is 37.2. The SMILES string of the molecule is Cc1ccc(F)c(C#N)c1.Cc1ccc2onc(N)c2c1.II(I)I(I)I(I)I(I)I(I)I(I)I(I)I(I)I(I)I(I)I(I)I(I)I(I)I(I)I(I)I(I)I(I)I(I)I(I)I(I)I(I)I(I)I(I)I(I)I(I)I(I)I(I)I(I)I(I)I. The Morgan fingerprint density at radius 3 is 0.778 bits per heavy atom. The Kier molecular flexibility index (Phi) is 103. The van der Waals surface area contributed by atoms with E-state index in [1.807, 2.05) is 32.0 Å². The van der Waals surface area contributed by atoms with Gasteiger partial charge in [-0.25, -0.2) is 4.39 Å². The monoisotopic (exact) mass is 7900 g/mol. The Labute approximate surface area is 877 Å². The summed E-state index contributed by atoms with van der Waals surface area (Å²) in [5.74, 6) is 0.0109. The Balaban J connectivity index is 0.00000126. The number of fused-ring (bicyclic) bond motifs is 1. The normalized spacial score (nSPS) is 16.6. The third-order valence-corrected chi connectivity index (χ3v) is 4630. The average molecular weight is 7900 g/mol. The quantitative estimate of drug-likeness (QED) is 0.0735. The third-order valence-electron chi connectivity index (χ3n) is 5.18. The second-order valence-corrected chi connectivity index (χ2v) is 1420. The van der Waals surface area contributed by atoms with Crippen LogP contribution in [0.3, 0.4) is 0 Å². The molecule has 0 unspecified atom stereocenters. The van der Waals surface area contributed by atoms with E-state index in [4.69, 9.17) is 15.5 Å². The summed E-state index contributed by atoms with van der Waals surface area (Å²) in [7, 11) is -16.2. The van der Waals surface area contributed by atoms with Crippen LogP contribution >= 0.6 is 806 Å². The van der Waals surface area contributed by atoms with Crippen LogP contribution in [0.5, 0.6) is 0 Å². The van der Waals surface area contributed by atoms with Gasteiger partial charge in [-0.2, -0.15) is 5.26 Å². The molecular formula is C16H14FI60N3O. The molecule has 65 heteroatoms. The zero-order chi connectivity index (χ0) is 63.1. The van der Waals surface area contributed by atoms with E-state index in [1.165, 1.54) is 12.1 Å². The second-order valence-electron chi connectivity index (χ2n) is 9.36. The van der Waals surface area contributed by atoms with Gasteiger partial charge in [0.05, 0.1) is 10.9 Å². The van der Waals surface area contributed by atoms with Crippen molar-refractivity contribution >= 4 is 823 Å². The van der Waals surface area contributed by atoms with E-state index in [0.29, 0.717) is 5.82 Å². The first-order valence-electron chi connectivity index (χ1n) is 14.7. The predicted octanol–water partition coefficient (Wildman–Crippen LogP) is 56.9. The molecular weight excluding hydrogens is 7880 g/mol. The van der Waals surface area contributed by atoms with E-state index in [0.717, 1.165) is 22.1 Å². The number of nitriles is 1. The number of aryl methyl sites for hydroxylation is 2. The molecule has 526 valence electrons. The van der Waals surface area contributed by atoms with Gasteiger partial charge in [0, 0.05) is 0 Å². The zero-order valence-corrected chi connectivity index (χ0v) is 164. The molecule has 0 aliphatic heterocycles. The van der Waals surface area contributed by atoms with Crippen LogP contribution < -0.4 is 5.73 Å². The van der Waals surface area contributed by atoms with Crippen LogP contribution in [0.25, 0.3) is 11.0 Å². The van der Waals surface area contributed by atoms with Gasteiger partial charge in [-0.15, -0.1) is 0 Å². The summed E-state index contributed by atoms with van der Waals surface area (Å²) < 4.78 is 17.5. The van der Waals surface area contributed by atoms with Crippen molar-refractivity contribution in [1.29, 1.82) is 5.26 Å². The predicted molar refractivity (Wildman–Crippen MR) is 920 cm³/mol. The molecule has 0 amide bonds. The molecule has 0 radical (unpaired) electrons. The first-order valence-corrected chi connectivity index (χ1v) is 386. The summed E-state index contributed by atoms with van der Waals surface area (Å²) in [5.41, 5.74) is 8.46. The van der Waals surface area contributed by atoms with Crippen LogP contribution in [0.2, 0.25) is 0 Å². The van der Waals surface area contributed by atoms with Gasteiger partial charge in [0.2, 0.25) is 0 Å². The minimum atomic E-state index is -0.603. The van der Waals surface area contributed by atoms with Crippen LogP contribution in [0.4, 0.5) is 10.2 Å². The van der Waals surface area contributed by atoms with Gasteiger partial charge in [0.25, 0.3) is 0 Å². The van der Waals surface area contributed by atoms with Crippen LogP contribution in [-0.2, 0) is 0 Å². The molecule has 3 rings (SSSR count). The maximum atomic E-state index is 12.5. The molecule has 1 heterocycles. The van der Waals surface area contributed by atoms with Gasteiger partial charge in [0.15, 0.2) is 11.4 Å². The van der Waals surface area contributed by atoms with Crippen LogP contribution in [-0.4, -0.2) is 5.16 Å². The van der Waals surface area contributed by atoms with Crippen LogP contribution in [0, 0.1) is 31.0 Å². The molecule has 0 saturated heterocycles. The number of hydrogen-bond acceptors (Lipinski definition) is 4. The number of anilines is 1. The summed E-state index contributed by atoms with van der Waals surface area (Å²) in [4.78, 5) is 0. The van der Waals surface area contributed by atoms with E-state index in [-0.39, 0.29) is 5.56 Å². The fourth-order valence-electron chi connectivity index (χ4n) is 2.63. The van der Waals surface area contributed by atoms with Crippen molar-refractivity contribution in [2.75, 3.05) is 5.73 Å². The van der Waals surface area contributed by atoms with Gasteiger partial charge < -0.3 is 10.3 Å². The van der Waals surface area contributed by atoms with E-state index < -0.39 is 235 Å². The number of benzene rings is 2. The van der Waals surface area contributed by atoms with E-state index in [2.05, 4.69) is 582 Å². The van der Waals surface area contributed by atoms with Crippen molar-refractivity contribution in [2.24, 2.45) is 0 Å². The second kappa shape index (κ2) is 69.7. The Morgan fingerprint density at radius 2 is 0.568 bits per heavy atom. The topological polar surface area (TPSA) is 75.8 Å². The minimum absolute atomic E-state index is 0.111. The van der Waals surface area contributed by atoms with E-state index >= 15 is 0 Å². The number of aromatic nitrogens is 1. The molecule has 4 nitrogen and oxygen atoms in total. The van der Waals surface area contributed by atoms with Gasteiger partial charge in [-0.3, -0.25) is 0 Å². The zero-order valence-electron chi connectivity index (χ0n) is 34.4. The molecule has 2 N–H and O–H groups in total. The van der Waals surface area contributed by atoms with Crippen LogP contribution in [0.1, 0.15) is 16.7 Å².